The van der Waals surface area contributed by atoms with Gasteiger partial charge in [-0.15, -0.1) is 0 Å². The van der Waals surface area contributed by atoms with Crippen LogP contribution >= 0.6 is 0 Å². The molecule has 0 fully saturated rings. The molecule has 0 bridgehead atoms. The molecule has 1 unspecified atom stereocenters. The summed E-state index contributed by atoms with van der Waals surface area (Å²) in [5, 5.41) is 10.4. The Labute approximate surface area is 88.1 Å². The zero-order valence-corrected chi connectivity index (χ0v) is 8.77. The molecule has 0 spiro atoms. The molecule has 1 rings (SSSR count). The van der Waals surface area contributed by atoms with Crippen LogP contribution in [0.15, 0.2) is 24.3 Å². The maximum absolute atomic E-state index is 11.4. The van der Waals surface area contributed by atoms with Gasteiger partial charge in [0.05, 0.1) is 4.92 Å². The summed E-state index contributed by atoms with van der Waals surface area (Å²) in [5.74, 6) is -0.0420. The lowest BCUT2D eigenvalue weighted by molar-refractivity contribution is -0.384. The summed E-state index contributed by atoms with van der Waals surface area (Å²) < 4.78 is 0. The van der Waals surface area contributed by atoms with Crippen molar-refractivity contribution in [2.75, 3.05) is 0 Å². The van der Waals surface area contributed by atoms with Crippen molar-refractivity contribution in [3.63, 3.8) is 0 Å². The van der Waals surface area contributed by atoms with Crippen LogP contribution in [0.1, 0.15) is 31.7 Å². The number of hydrogen-bond donors (Lipinski definition) is 0. The lowest BCUT2D eigenvalue weighted by Gasteiger charge is -2.08. The lowest BCUT2D eigenvalue weighted by Crippen LogP contribution is -2.07. The third-order valence-electron chi connectivity index (χ3n) is 2.44. The molecule has 0 heterocycles. The molecule has 0 N–H and O–H groups in total. The number of rotatable bonds is 4. The van der Waals surface area contributed by atoms with Crippen LogP contribution in [0.3, 0.4) is 0 Å². The van der Waals surface area contributed by atoms with Gasteiger partial charge in [0.2, 0.25) is 0 Å². The second kappa shape index (κ2) is 4.68. The van der Waals surface area contributed by atoms with E-state index in [4.69, 9.17) is 0 Å². The Balaban J connectivity index is 2.89. The molecule has 4 nitrogen and oxygen atoms in total. The fraction of sp³-hybridized carbons (Fsp3) is 0.364. The summed E-state index contributed by atoms with van der Waals surface area (Å²) in [6.45, 7) is 3.62. The average molecular weight is 207 g/mol. The Morgan fingerprint density at radius 1 is 1.40 bits per heavy atom. The molecule has 0 aromatic heterocycles. The van der Waals surface area contributed by atoms with Gasteiger partial charge in [0, 0.05) is 24.5 Å². The molecular weight excluding hydrogens is 194 g/mol. The molecule has 1 aromatic carbocycles. The SMILES string of the molecule is CCC(=O)C(C)c1ccc([N+](=O)[O-])cc1. The van der Waals surface area contributed by atoms with Gasteiger partial charge in [0.25, 0.3) is 5.69 Å². The number of ketones is 1. The van der Waals surface area contributed by atoms with Crippen molar-refractivity contribution in [3.8, 4) is 0 Å². The van der Waals surface area contributed by atoms with Crippen LogP contribution in [-0.4, -0.2) is 10.7 Å². The number of carbonyl (C=O) groups excluding carboxylic acids is 1. The Hall–Kier alpha value is -1.71. The molecular formula is C11H13NO3. The smallest absolute Gasteiger partial charge is 0.269 e. The Morgan fingerprint density at radius 3 is 2.33 bits per heavy atom. The van der Waals surface area contributed by atoms with E-state index in [1.54, 1.807) is 12.1 Å². The fourth-order valence-electron chi connectivity index (χ4n) is 1.38. The summed E-state index contributed by atoms with van der Waals surface area (Å²) >= 11 is 0. The zero-order valence-electron chi connectivity index (χ0n) is 8.77. The molecule has 0 aliphatic rings. The van der Waals surface area contributed by atoms with Crippen LogP contribution in [0.4, 0.5) is 5.69 Å². The van der Waals surface area contributed by atoms with Crippen LogP contribution in [0.5, 0.6) is 0 Å². The van der Waals surface area contributed by atoms with Gasteiger partial charge < -0.3 is 0 Å². The van der Waals surface area contributed by atoms with Gasteiger partial charge in [-0.2, -0.15) is 0 Å². The van der Waals surface area contributed by atoms with Crippen molar-refractivity contribution in [3.05, 3.63) is 39.9 Å². The standard InChI is InChI=1S/C11H13NO3/c1-3-11(13)8(2)9-4-6-10(7-5-9)12(14)15/h4-8H,3H2,1-2H3. The second-order valence-corrected chi connectivity index (χ2v) is 3.39. The molecule has 0 saturated carbocycles. The number of non-ortho nitro benzene ring substituents is 1. The number of Topliss-reactive ketones (excluding diaryl/α,β-unsaturated/α-hetero) is 1. The van der Waals surface area contributed by atoms with E-state index in [2.05, 4.69) is 0 Å². The van der Waals surface area contributed by atoms with E-state index in [1.807, 2.05) is 13.8 Å². The summed E-state index contributed by atoms with van der Waals surface area (Å²) in [6, 6.07) is 6.12. The third kappa shape index (κ3) is 2.62. The molecule has 1 atom stereocenters. The monoisotopic (exact) mass is 207 g/mol. The summed E-state index contributed by atoms with van der Waals surface area (Å²) in [4.78, 5) is 21.4. The van der Waals surface area contributed by atoms with E-state index < -0.39 is 4.92 Å². The van der Waals surface area contributed by atoms with Gasteiger partial charge in [-0.05, 0) is 5.56 Å². The molecule has 80 valence electrons. The fourth-order valence-corrected chi connectivity index (χ4v) is 1.38. The Bertz CT molecular complexity index is 370. The predicted octanol–water partition coefficient (Wildman–Crippen LogP) is 2.68. The molecule has 0 amide bonds. The van der Waals surface area contributed by atoms with Gasteiger partial charge in [0.1, 0.15) is 5.78 Å². The maximum Gasteiger partial charge on any atom is 0.269 e. The highest BCUT2D eigenvalue weighted by atomic mass is 16.6. The number of benzene rings is 1. The van der Waals surface area contributed by atoms with Gasteiger partial charge in [-0.25, -0.2) is 0 Å². The van der Waals surface area contributed by atoms with Crippen LogP contribution < -0.4 is 0 Å². The molecule has 4 heteroatoms. The van der Waals surface area contributed by atoms with Gasteiger partial charge >= 0.3 is 0 Å². The highest BCUT2D eigenvalue weighted by Crippen LogP contribution is 2.20. The number of nitrogens with zero attached hydrogens (tertiary/aromatic N) is 1. The van der Waals surface area contributed by atoms with Crippen molar-refractivity contribution >= 4 is 11.5 Å². The van der Waals surface area contributed by atoms with Crippen molar-refractivity contribution in [1.82, 2.24) is 0 Å². The molecule has 0 aliphatic carbocycles. The minimum Gasteiger partial charge on any atom is -0.299 e. The number of hydrogen-bond acceptors (Lipinski definition) is 3. The minimum absolute atomic E-state index is 0.0508. The molecule has 0 aliphatic heterocycles. The van der Waals surface area contributed by atoms with Crippen LogP contribution in [0.2, 0.25) is 0 Å². The highest BCUT2D eigenvalue weighted by Gasteiger charge is 2.14. The Morgan fingerprint density at radius 2 is 1.93 bits per heavy atom. The van der Waals surface area contributed by atoms with Crippen LogP contribution in [0, 0.1) is 10.1 Å². The van der Waals surface area contributed by atoms with E-state index in [9.17, 15) is 14.9 Å². The summed E-state index contributed by atoms with van der Waals surface area (Å²) in [7, 11) is 0. The van der Waals surface area contributed by atoms with Crippen molar-refractivity contribution in [1.29, 1.82) is 0 Å². The summed E-state index contributed by atoms with van der Waals surface area (Å²) in [5.41, 5.74) is 0.877. The summed E-state index contributed by atoms with van der Waals surface area (Å²) in [6.07, 6.45) is 0.484. The number of carbonyl (C=O) groups is 1. The first-order chi connectivity index (χ1) is 7.06. The van der Waals surface area contributed by atoms with Crippen molar-refractivity contribution in [2.24, 2.45) is 0 Å². The first-order valence-electron chi connectivity index (χ1n) is 4.83. The number of nitro groups is 1. The predicted molar refractivity (Wildman–Crippen MR) is 56.8 cm³/mol. The quantitative estimate of drug-likeness (QED) is 0.563. The number of nitro benzene ring substituents is 1. The van der Waals surface area contributed by atoms with Crippen LogP contribution in [0.25, 0.3) is 0 Å². The van der Waals surface area contributed by atoms with Gasteiger partial charge in [-0.3, -0.25) is 14.9 Å². The molecule has 0 radical (unpaired) electrons. The van der Waals surface area contributed by atoms with E-state index in [0.717, 1.165) is 5.56 Å². The molecule has 15 heavy (non-hydrogen) atoms. The topological polar surface area (TPSA) is 60.2 Å². The first-order valence-corrected chi connectivity index (χ1v) is 4.83. The largest absolute Gasteiger partial charge is 0.299 e. The van der Waals surface area contributed by atoms with Gasteiger partial charge in [-0.1, -0.05) is 26.0 Å². The van der Waals surface area contributed by atoms with Crippen molar-refractivity contribution < 1.29 is 9.72 Å². The Kier molecular flexibility index (Phi) is 3.55. The minimum atomic E-state index is -0.448. The van der Waals surface area contributed by atoms with E-state index in [0.29, 0.717) is 6.42 Å². The van der Waals surface area contributed by atoms with Crippen LogP contribution in [-0.2, 0) is 4.79 Å². The first kappa shape index (κ1) is 11.4. The van der Waals surface area contributed by atoms with Gasteiger partial charge in [0.15, 0.2) is 0 Å². The molecule has 0 saturated heterocycles. The lowest BCUT2D eigenvalue weighted by atomic mass is 9.95. The van der Waals surface area contributed by atoms with E-state index >= 15 is 0 Å². The van der Waals surface area contributed by atoms with Crippen molar-refractivity contribution in [2.45, 2.75) is 26.2 Å². The highest BCUT2D eigenvalue weighted by molar-refractivity contribution is 5.85. The third-order valence-corrected chi connectivity index (χ3v) is 2.44. The maximum atomic E-state index is 11.4. The normalized spacial score (nSPS) is 12.1. The molecule has 1 aromatic rings. The van der Waals surface area contributed by atoms with E-state index in [-0.39, 0.29) is 17.4 Å². The average Bonchev–Trinajstić information content (AvgIpc) is 2.27. The second-order valence-electron chi connectivity index (χ2n) is 3.39. The van der Waals surface area contributed by atoms with E-state index in [1.165, 1.54) is 12.1 Å². The zero-order chi connectivity index (χ0) is 11.4.